The number of carbonyl (C=O) groups is 1. The van der Waals surface area contributed by atoms with Crippen molar-refractivity contribution in [2.24, 2.45) is 5.92 Å². The van der Waals surface area contributed by atoms with E-state index in [1.807, 2.05) is 38.1 Å². The van der Waals surface area contributed by atoms with Gasteiger partial charge in [-0.15, -0.1) is 0 Å². The summed E-state index contributed by atoms with van der Waals surface area (Å²) in [5, 5.41) is 12.9. The maximum atomic E-state index is 12.6. The van der Waals surface area contributed by atoms with Crippen molar-refractivity contribution in [2.75, 3.05) is 6.61 Å². The molecule has 1 saturated carbocycles. The normalized spacial score (nSPS) is 19.8. The lowest BCUT2D eigenvalue weighted by Crippen LogP contribution is -2.52. The number of aliphatic hydroxyl groups excluding tert-OH is 1. The number of amides is 1. The first kappa shape index (κ1) is 15.3. The van der Waals surface area contributed by atoms with E-state index >= 15 is 0 Å². The highest BCUT2D eigenvalue weighted by atomic mass is 35.5. The smallest absolute Gasteiger partial charge is 0.230 e. The number of benzene rings is 1. The lowest BCUT2D eigenvalue weighted by molar-refractivity contribution is -0.131. The first-order valence-corrected chi connectivity index (χ1v) is 7.55. The molecule has 2 N–H and O–H groups in total. The lowest BCUT2D eigenvalue weighted by Gasteiger charge is -2.41. The molecule has 0 spiro atoms. The molecule has 0 radical (unpaired) electrons. The Morgan fingerprint density at radius 1 is 1.35 bits per heavy atom. The number of aliphatic hydroxyl groups is 1. The van der Waals surface area contributed by atoms with Gasteiger partial charge in [0.2, 0.25) is 5.91 Å². The highest BCUT2D eigenvalue weighted by molar-refractivity contribution is 6.30. The molecule has 110 valence electrons. The highest BCUT2D eigenvalue weighted by Gasteiger charge is 2.45. The van der Waals surface area contributed by atoms with Crippen molar-refractivity contribution in [1.29, 1.82) is 0 Å². The van der Waals surface area contributed by atoms with Gasteiger partial charge in [0.15, 0.2) is 0 Å². The molecule has 1 aromatic carbocycles. The fraction of sp³-hybridized carbons (Fsp3) is 0.562. The van der Waals surface area contributed by atoms with Crippen LogP contribution in [0, 0.1) is 5.92 Å². The Balaban J connectivity index is 2.14. The molecule has 0 aromatic heterocycles. The molecule has 0 aliphatic heterocycles. The van der Waals surface area contributed by atoms with E-state index in [9.17, 15) is 9.90 Å². The van der Waals surface area contributed by atoms with Crippen LogP contribution in [0.3, 0.4) is 0 Å². The molecule has 0 bridgehead atoms. The van der Waals surface area contributed by atoms with Crippen LogP contribution in [-0.2, 0) is 10.2 Å². The SMILES string of the molecule is CC(CO)C(C)NC(=O)C1(c2ccc(Cl)cc2)CCC1. The third-order valence-corrected chi connectivity index (χ3v) is 4.79. The van der Waals surface area contributed by atoms with Gasteiger partial charge < -0.3 is 10.4 Å². The first-order chi connectivity index (χ1) is 9.49. The Hall–Kier alpha value is -1.06. The molecule has 1 aliphatic rings. The number of carbonyl (C=O) groups excluding carboxylic acids is 1. The zero-order valence-corrected chi connectivity index (χ0v) is 12.8. The Morgan fingerprint density at radius 2 is 1.95 bits per heavy atom. The zero-order chi connectivity index (χ0) is 14.8. The van der Waals surface area contributed by atoms with Crippen LogP contribution in [0.25, 0.3) is 0 Å². The summed E-state index contributed by atoms with van der Waals surface area (Å²) < 4.78 is 0. The highest BCUT2D eigenvalue weighted by Crippen LogP contribution is 2.44. The standard InChI is InChI=1S/C16H22ClNO2/c1-11(10-19)12(2)18-15(20)16(8-3-9-16)13-4-6-14(17)7-5-13/h4-7,11-12,19H,3,8-10H2,1-2H3,(H,18,20). The molecule has 1 aliphatic carbocycles. The van der Waals surface area contributed by atoms with E-state index in [1.54, 1.807) is 0 Å². The summed E-state index contributed by atoms with van der Waals surface area (Å²) in [4.78, 5) is 12.6. The molecule has 0 heterocycles. The fourth-order valence-corrected chi connectivity index (χ4v) is 2.72. The van der Waals surface area contributed by atoms with Gasteiger partial charge in [0.05, 0.1) is 5.41 Å². The average Bonchev–Trinajstić information content (AvgIpc) is 2.38. The second-order valence-electron chi connectivity index (χ2n) is 5.86. The van der Waals surface area contributed by atoms with Crippen molar-refractivity contribution in [3.63, 3.8) is 0 Å². The minimum absolute atomic E-state index is 0.0303. The molecule has 2 rings (SSSR count). The van der Waals surface area contributed by atoms with E-state index in [-0.39, 0.29) is 24.5 Å². The van der Waals surface area contributed by atoms with Crippen LogP contribution in [0.2, 0.25) is 5.02 Å². The molecule has 1 aromatic rings. The lowest BCUT2D eigenvalue weighted by atomic mass is 9.63. The Kier molecular flexibility index (Phi) is 4.71. The first-order valence-electron chi connectivity index (χ1n) is 7.17. The molecule has 20 heavy (non-hydrogen) atoms. The van der Waals surface area contributed by atoms with E-state index in [0.717, 1.165) is 24.8 Å². The van der Waals surface area contributed by atoms with Gasteiger partial charge in [0.25, 0.3) is 0 Å². The Bertz CT molecular complexity index is 468. The van der Waals surface area contributed by atoms with Gasteiger partial charge in [-0.1, -0.05) is 37.1 Å². The fourth-order valence-electron chi connectivity index (χ4n) is 2.59. The van der Waals surface area contributed by atoms with Crippen LogP contribution in [0.4, 0.5) is 0 Å². The Labute approximate surface area is 125 Å². The third kappa shape index (κ3) is 2.84. The maximum Gasteiger partial charge on any atom is 0.230 e. The molecule has 0 saturated heterocycles. The van der Waals surface area contributed by atoms with Gasteiger partial charge in [-0.3, -0.25) is 4.79 Å². The van der Waals surface area contributed by atoms with Crippen molar-refractivity contribution in [2.45, 2.75) is 44.6 Å². The zero-order valence-electron chi connectivity index (χ0n) is 12.0. The van der Waals surface area contributed by atoms with Crippen molar-refractivity contribution in [3.05, 3.63) is 34.9 Å². The summed E-state index contributed by atoms with van der Waals surface area (Å²) in [6, 6.07) is 7.54. The summed E-state index contributed by atoms with van der Waals surface area (Å²) in [5.74, 6) is 0.125. The minimum Gasteiger partial charge on any atom is -0.396 e. The molecule has 2 unspecified atom stereocenters. The molecule has 4 heteroatoms. The molecule has 3 nitrogen and oxygen atoms in total. The van der Waals surface area contributed by atoms with Crippen LogP contribution < -0.4 is 5.32 Å². The summed E-state index contributed by atoms with van der Waals surface area (Å²) in [5.41, 5.74) is 0.628. The van der Waals surface area contributed by atoms with Crippen LogP contribution in [-0.4, -0.2) is 23.7 Å². The van der Waals surface area contributed by atoms with Crippen molar-refractivity contribution in [1.82, 2.24) is 5.32 Å². The van der Waals surface area contributed by atoms with E-state index in [4.69, 9.17) is 11.6 Å². The summed E-state index contributed by atoms with van der Waals surface area (Å²) in [6.07, 6.45) is 2.82. The van der Waals surface area contributed by atoms with E-state index in [2.05, 4.69) is 5.32 Å². The monoisotopic (exact) mass is 295 g/mol. The molecule has 2 atom stereocenters. The van der Waals surface area contributed by atoms with Crippen molar-refractivity contribution >= 4 is 17.5 Å². The topological polar surface area (TPSA) is 49.3 Å². The predicted octanol–water partition coefficient (Wildman–Crippen LogP) is 2.89. The number of halogens is 1. The van der Waals surface area contributed by atoms with Crippen LogP contribution in [0.1, 0.15) is 38.7 Å². The van der Waals surface area contributed by atoms with Crippen LogP contribution in [0.5, 0.6) is 0 Å². The Morgan fingerprint density at radius 3 is 2.40 bits per heavy atom. The maximum absolute atomic E-state index is 12.6. The molecular formula is C16H22ClNO2. The molecular weight excluding hydrogens is 274 g/mol. The van der Waals surface area contributed by atoms with Gasteiger partial charge in [-0.2, -0.15) is 0 Å². The number of nitrogens with one attached hydrogen (secondary N) is 1. The average molecular weight is 296 g/mol. The van der Waals surface area contributed by atoms with Gasteiger partial charge >= 0.3 is 0 Å². The van der Waals surface area contributed by atoms with Crippen molar-refractivity contribution < 1.29 is 9.90 Å². The quantitative estimate of drug-likeness (QED) is 0.877. The van der Waals surface area contributed by atoms with Gasteiger partial charge in [0.1, 0.15) is 0 Å². The van der Waals surface area contributed by atoms with E-state index in [0.29, 0.717) is 5.02 Å². The van der Waals surface area contributed by atoms with E-state index in [1.165, 1.54) is 0 Å². The summed E-state index contributed by atoms with van der Waals surface area (Å²) in [7, 11) is 0. The second-order valence-corrected chi connectivity index (χ2v) is 6.30. The predicted molar refractivity (Wildman–Crippen MR) is 80.8 cm³/mol. The van der Waals surface area contributed by atoms with Gasteiger partial charge in [-0.05, 0) is 43.4 Å². The largest absolute Gasteiger partial charge is 0.396 e. The summed E-state index contributed by atoms with van der Waals surface area (Å²) in [6.45, 7) is 3.95. The van der Waals surface area contributed by atoms with Crippen molar-refractivity contribution in [3.8, 4) is 0 Å². The van der Waals surface area contributed by atoms with Gasteiger partial charge in [0, 0.05) is 17.7 Å². The second kappa shape index (κ2) is 6.15. The molecule has 1 fully saturated rings. The summed E-state index contributed by atoms with van der Waals surface area (Å²) >= 11 is 5.92. The van der Waals surface area contributed by atoms with E-state index < -0.39 is 5.41 Å². The van der Waals surface area contributed by atoms with Crippen LogP contribution in [0.15, 0.2) is 24.3 Å². The minimum atomic E-state index is -0.409. The number of hydrogen-bond donors (Lipinski definition) is 2. The number of rotatable bonds is 5. The van der Waals surface area contributed by atoms with Gasteiger partial charge in [-0.25, -0.2) is 0 Å². The number of hydrogen-bond acceptors (Lipinski definition) is 2. The van der Waals surface area contributed by atoms with Crippen LogP contribution >= 0.6 is 11.6 Å². The molecule has 1 amide bonds. The third-order valence-electron chi connectivity index (χ3n) is 4.54.